The van der Waals surface area contributed by atoms with Gasteiger partial charge in [-0.3, -0.25) is 0 Å². The van der Waals surface area contributed by atoms with Crippen LogP contribution in [0.2, 0.25) is 0 Å². The molecule has 0 aromatic carbocycles. The minimum atomic E-state index is -3.54. The first-order valence-electron chi connectivity index (χ1n) is 7.73. The number of aryl methyl sites for hydroxylation is 1. The van der Waals surface area contributed by atoms with Crippen molar-refractivity contribution in [3.8, 4) is 6.07 Å². The van der Waals surface area contributed by atoms with Crippen LogP contribution in [-0.4, -0.2) is 53.9 Å². The van der Waals surface area contributed by atoms with Crippen LogP contribution in [0.25, 0.3) is 0 Å². The second-order valence-corrected chi connectivity index (χ2v) is 8.15. The molecule has 0 radical (unpaired) electrons. The van der Waals surface area contributed by atoms with E-state index >= 15 is 0 Å². The lowest BCUT2D eigenvalue weighted by molar-refractivity contribution is 0.245. The molecule has 8 nitrogen and oxygen atoms in total. The van der Waals surface area contributed by atoms with E-state index in [1.165, 1.54) is 15.7 Å². The molecule has 23 heavy (non-hydrogen) atoms. The summed E-state index contributed by atoms with van der Waals surface area (Å²) >= 11 is 0. The maximum absolute atomic E-state index is 12.6. The topological polar surface area (TPSA) is 103 Å². The highest BCUT2D eigenvalue weighted by Crippen LogP contribution is 2.23. The number of rotatable bonds is 6. The molecule has 1 aliphatic rings. The van der Waals surface area contributed by atoms with E-state index in [1.54, 1.807) is 13.8 Å². The molecule has 0 saturated carbocycles. The predicted molar refractivity (Wildman–Crippen MR) is 83.4 cm³/mol. The second kappa shape index (κ2) is 7.38. The Morgan fingerprint density at radius 3 is 2.91 bits per heavy atom. The normalized spacial score (nSPS) is 21.3. The van der Waals surface area contributed by atoms with Crippen molar-refractivity contribution in [3.05, 3.63) is 11.7 Å². The molecule has 0 amide bonds. The Morgan fingerprint density at radius 1 is 1.57 bits per heavy atom. The highest BCUT2D eigenvalue weighted by Gasteiger charge is 2.32. The van der Waals surface area contributed by atoms with E-state index in [-0.39, 0.29) is 18.4 Å². The van der Waals surface area contributed by atoms with Crippen LogP contribution in [0, 0.1) is 30.1 Å². The molecule has 1 fully saturated rings. The summed E-state index contributed by atoms with van der Waals surface area (Å²) < 4.78 is 33.0. The fraction of sp³-hybridized carbons (Fsp3) is 0.786. The molecule has 0 spiro atoms. The zero-order valence-corrected chi connectivity index (χ0v) is 14.6. The van der Waals surface area contributed by atoms with Gasteiger partial charge in [0.2, 0.25) is 5.89 Å². The van der Waals surface area contributed by atoms with Gasteiger partial charge in [-0.05, 0) is 25.7 Å². The number of hydrogen-bond acceptors (Lipinski definition) is 6. The highest BCUT2D eigenvalue weighted by atomic mass is 32.2. The maximum Gasteiger partial charge on any atom is 0.281 e. The number of piperidine rings is 1. The molecule has 2 heterocycles. The number of hydrogen-bond donors (Lipinski definition) is 0. The van der Waals surface area contributed by atoms with Gasteiger partial charge in [-0.2, -0.15) is 27.3 Å². The van der Waals surface area contributed by atoms with E-state index in [9.17, 15) is 8.42 Å². The summed E-state index contributed by atoms with van der Waals surface area (Å²) in [6, 6.07) is 2.06. The van der Waals surface area contributed by atoms with Crippen molar-refractivity contribution in [2.75, 3.05) is 26.7 Å². The van der Waals surface area contributed by atoms with E-state index in [4.69, 9.17) is 9.78 Å². The molecule has 1 aromatic heterocycles. The van der Waals surface area contributed by atoms with Crippen LogP contribution < -0.4 is 0 Å². The summed E-state index contributed by atoms with van der Waals surface area (Å²) in [5, 5.41) is 12.7. The smallest absolute Gasteiger partial charge is 0.281 e. The Labute approximate surface area is 137 Å². The van der Waals surface area contributed by atoms with Gasteiger partial charge < -0.3 is 4.52 Å². The largest absolute Gasteiger partial charge is 0.340 e. The van der Waals surface area contributed by atoms with Gasteiger partial charge in [0.15, 0.2) is 5.82 Å². The first-order chi connectivity index (χ1) is 10.8. The quantitative estimate of drug-likeness (QED) is 0.764. The van der Waals surface area contributed by atoms with Gasteiger partial charge >= 0.3 is 0 Å². The number of aromatic nitrogens is 2. The Hall–Kier alpha value is -1.50. The molecule has 128 valence electrons. The first-order valence-corrected chi connectivity index (χ1v) is 9.13. The van der Waals surface area contributed by atoms with Crippen LogP contribution in [0.4, 0.5) is 0 Å². The van der Waals surface area contributed by atoms with Gasteiger partial charge in [-0.15, -0.1) is 0 Å². The van der Waals surface area contributed by atoms with Gasteiger partial charge in [0.25, 0.3) is 10.2 Å². The zero-order valence-electron chi connectivity index (χ0n) is 13.8. The Kier molecular flexibility index (Phi) is 5.73. The third-order valence-corrected chi connectivity index (χ3v) is 5.92. The molecule has 0 unspecified atom stereocenters. The van der Waals surface area contributed by atoms with Crippen LogP contribution in [0.3, 0.4) is 0 Å². The average molecular weight is 341 g/mol. The summed E-state index contributed by atoms with van der Waals surface area (Å²) in [7, 11) is -2.01. The van der Waals surface area contributed by atoms with E-state index < -0.39 is 10.2 Å². The monoisotopic (exact) mass is 341 g/mol. The molecule has 2 atom stereocenters. The van der Waals surface area contributed by atoms with Crippen molar-refractivity contribution in [1.29, 1.82) is 5.26 Å². The van der Waals surface area contributed by atoms with Gasteiger partial charge in [-0.25, -0.2) is 0 Å². The van der Waals surface area contributed by atoms with Crippen molar-refractivity contribution in [3.63, 3.8) is 0 Å². The average Bonchev–Trinajstić information content (AvgIpc) is 2.92. The fourth-order valence-corrected chi connectivity index (χ4v) is 4.37. The molecule has 0 N–H and O–H groups in total. The predicted octanol–water partition coefficient (Wildman–Crippen LogP) is 0.969. The number of nitriles is 1. The standard InChI is InChI=1S/C14H23N5O3S/c1-11(8-15)9-18(3)23(20,21)19-6-4-5-13(10-19)7-14-16-12(2)22-17-14/h11,13H,4-7,9-10H2,1-3H3/t11-,13-/m0/s1. The summed E-state index contributed by atoms with van der Waals surface area (Å²) in [6.07, 6.45) is 2.36. The van der Waals surface area contributed by atoms with Crippen molar-refractivity contribution in [2.24, 2.45) is 11.8 Å². The zero-order chi connectivity index (χ0) is 17.0. The van der Waals surface area contributed by atoms with Crippen LogP contribution in [0.5, 0.6) is 0 Å². The molecule has 1 saturated heterocycles. The Morgan fingerprint density at radius 2 is 2.30 bits per heavy atom. The van der Waals surface area contributed by atoms with Crippen molar-refractivity contribution < 1.29 is 12.9 Å². The summed E-state index contributed by atoms with van der Waals surface area (Å²) in [5.41, 5.74) is 0. The lowest BCUT2D eigenvalue weighted by Crippen LogP contribution is -2.47. The lowest BCUT2D eigenvalue weighted by Gasteiger charge is -2.34. The summed E-state index contributed by atoms with van der Waals surface area (Å²) in [5.74, 6) is 0.985. The molecule has 1 aliphatic heterocycles. The van der Waals surface area contributed by atoms with Crippen molar-refractivity contribution in [1.82, 2.24) is 18.8 Å². The molecule has 9 heteroatoms. The second-order valence-electron chi connectivity index (χ2n) is 6.12. The van der Waals surface area contributed by atoms with Gasteiger partial charge in [0.1, 0.15) is 0 Å². The van der Waals surface area contributed by atoms with Crippen LogP contribution in [0.15, 0.2) is 4.52 Å². The van der Waals surface area contributed by atoms with Gasteiger partial charge in [0.05, 0.1) is 12.0 Å². The molecule has 2 rings (SSSR count). The Bertz CT molecular complexity index is 666. The molecule has 0 aliphatic carbocycles. The van der Waals surface area contributed by atoms with Crippen molar-refractivity contribution in [2.45, 2.75) is 33.1 Å². The van der Waals surface area contributed by atoms with Crippen LogP contribution in [-0.2, 0) is 16.6 Å². The van der Waals surface area contributed by atoms with Crippen LogP contribution in [0.1, 0.15) is 31.5 Å². The molecular weight excluding hydrogens is 318 g/mol. The van der Waals surface area contributed by atoms with Crippen molar-refractivity contribution >= 4 is 10.2 Å². The van der Waals surface area contributed by atoms with E-state index in [2.05, 4.69) is 16.2 Å². The Balaban J connectivity index is 2.00. The van der Waals surface area contributed by atoms with E-state index in [1.807, 2.05) is 0 Å². The van der Waals surface area contributed by atoms with Gasteiger partial charge in [-0.1, -0.05) is 5.16 Å². The first kappa shape index (κ1) is 17.8. The number of nitrogens with zero attached hydrogens (tertiary/aromatic N) is 5. The van der Waals surface area contributed by atoms with Crippen LogP contribution >= 0.6 is 0 Å². The summed E-state index contributed by atoms with van der Waals surface area (Å²) in [6.45, 7) is 4.60. The minimum Gasteiger partial charge on any atom is -0.340 e. The maximum atomic E-state index is 12.6. The molecule has 0 bridgehead atoms. The van der Waals surface area contributed by atoms with E-state index in [0.29, 0.717) is 31.2 Å². The fourth-order valence-electron chi connectivity index (χ4n) is 2.80. The highest BCUT2D eigenvalue weighted by molar-refractivity contribution is 7.86. The van der Waals surface area contributed by atoms with E-state index in [0.717, 1.165) is 12.8 Å². The minimum absolute atomic E-state index is 0.178. The molecular formula is C14H23N5O3S. The molecule has 1 aromatic rings. The lowest BCUT2D eigenvalue weighted by atomic mass is 9.96. The van der Waals surface area contributed by atoms with Gasteiger partial charge in [0, 0.05) is 40.0 Å². The summed E-state index contributed by atoms with van der Waals surface area (Å²) in [4.78, 5) is 4.19. The SMILES string of the molecule is Cc1nc(C[C@@H]2CCCN(S(=O)(=O)N(C)C[C@@H](C)C#N)C2)no1. The third-order valence-electron chi connectivity index (χ3n) is 3.99. The third kappa shape index (κ3) is 4.50.